The highest BCUT2D eigenvalue weighted by molar-refractivity contribution is 6.57. The minimum absolute atomic E-state index is 0. The summed E-state index contributed by atoms with van der Waals surface area (Å²) in [5.41, 5.74) is 7.74. The van der Waals surface area contributed by atoms with Crippen molar-refractivity contribution >= 4 is 46.2 Å². The van der Waals surface area contributed by atoms with E-state index in [9.17, 15) is 0 Å². The smallest absolute Gasteiger partial charge is 0.282 e. The summed E-state index contributed by atoms with van der Waals surface area (Å²) in [6.07, 6.45) is 0.768. The van der Waals surface area contributed by atoms with E-state index in [0.717, 1.165) is 17.6 Å². The molecule has 0 unspecified atom stereocenters. The minimum Gasteiger partial charge on any atom is -1.00 e. The SMILES string of the molecule is CC/C(=C(Cl)\[NH+]=C(\N)C(C)(Cl)Cl)c1ccccc1.[Cl-]. The molecule has 0 bridgehead atoms. The van der Waals surface area contributed by atoms with Crippen LogP contribution in [0.5, 0.6) is 0 Å². The molecule has 0 saturated heterocycles. The molecule has 0 atom stereocenters. The lowest BCUT2D eigenvalue weighted by Crippen LogP contribution is -3.00. The lowest BCUT2D eigenvalue weighted by Gasteiger charge is -2.08. The summed E-state index contributed by atoms with van der Waals surface area (Å²) >= 11 is 18.0. The Morgan fingerprint density at radius 2 is 1.79 bits per heavy atom. The first-order valence-corrected chi connectivity index (χ1v) is 6.71. The van der Waals surface area contributed by atoms with E-state index in [4.69, 9.17) is 40.5 Å². The summed E-state index contributed by atoms with van der Waals surface area (Å²) < 4.78 is -1.17. The maximum absolute atomic E-state index is 6.23. The number of nitrogens with two attached hydrogens (primary N) is 1. The highest BCUT2D eigenvalue weighted by atomic mass is 35.5. The number of benzene rings is 1. The standard InChI is InChI=1S/C13H15Cl3N2.ClH/c1-3-10(9-7-5-4-6-8-9)11(14)18-12(17)13(2,15)16;/h4-8H,3H2,1-2H3,(H2,17,18);1H/b11-10+;. The van der Waals surface area contributed by atoms with Crippen LogP contribution in [0.15, 0.2) is 35.5 Å². The van der Waals surface area contributed by atoms with E-state index in [2.05, 4.69) is 4.99 Å². The Morgan fingerprint density at radius 1 is 1.26 bits per heavy atom. The van der Waals surface area contributed by atoms with Gasteiger partial charge < -0.3 is 12.4 Å². The molecule has 0 aromatic heterocycles. The van der Waals surface area contributed by atoms with Gasteiger partial charge >= 0.3 is 0 Å². The number of halogens is 4. The largest absolute Gasteiger partial charge is 1.00 e. The number of hydrogen-bond acceptors (Lipinski definition) is 0. The molecule has 1 aromatic carbocycles. The van der Waals surface area contributed by atoms with Crippen LogP contribution in [-0.2, 0) is 0 Å². The summed E-state index contributed by atoms with van der Waals surface area (Å²) in [6.45, 7) is 3.60. The van der Waals surface area contributed by atoms with Crippen molar-refractivity contribution < 1.29 is 17.4 Å². The monoisotopic (exact) mass is 340 g/mol. The molecule has 0 aliphatic heterocycles. The van der Waals surface area contributed by atoms with Crippen LogP contribution in [0.3, 0.4) is 0 Å². The number of nitrogens with one attached hydrogen (secondary N) is 1. The van der Waals surface area contributed by atoms with Crippen LogP contribution in [0.4, 0.5) is 0 Å². The van der Waals surface area contributed by atoms with Gasteiger partial charge in [-0.1, -0.05) is 60.5 Å². The molecule has 0 heterocycles. The molecule has 1 aromatic rings. The first-order valence-electron chi connectivity index (χ1n) is 5.58. The summed E-state index contributed by atoms with van der Waals surface area (Å²) in [6, 6.07) is 9.83. The zero-order valence-electron chi connectivity index (χ0n) is 10.7. The van der Waals surface area contributed by atoms with E-state index in [1.807, 2.05) is 37.3 Å². The lowest BCUT2D eigenvalue weighted by atomic mass is 10.1. The number of hydrogen-bond donors (Lipinski definition) is 2. The zero-order valence-corrected chi connectivity index (χ0v) is 13.7. The molecule has 3 N–H and O–H groups in total. The molecule has 0 spiro atoms. The van der Waals surface area contributed by atoms with Gasteiger partial charge in [-0.2, -0.15) is 0 Å². The van der Waals surface area contributed by atoms with E-state index in [-0.39, 0.29) is 18.2 Å². The molecular formula is C13H16Cl4N2. The quantitative estimate of drug-likeness (QED) is 0.334. The topological polar surface area (TPSA) is 40.0 Å². The fraction of sp³-hybridized carbons (Fsp3) is 0.308. The van der Waals surface area contributed by atoms with E-state index in [0.29, 0.717) is 5.16 Å². The zero-order chi connectivity index (χ0) is 13.8. The normalized spacial score (nSPS) is 13.6. The highest BCUT2D eigenvalue weighted by Crippen LogP contribution is 2.21. The predicted molar refractivity (Wildman–Crippen MR) is 79.8 cm³/mol. The molecule has 106 valence electrons. The van der Waals surface area contributed by atoms with E-state index < -0.39 is 4.33 Å². The van der Waals surface area contributed by atoms with Gasteiger partial charge in [0, 0.05) is 5.57 Å². The van der Waals surface area contributed by atoms with Gasteiger partial charge in [0.05, 0.1) is 0 Å². The van der Waals surface area contributed by atoms with Crippen molar-refractivity contribution in [3.63, 3.8) is 0 Å². The summed E-state index contributed by atoms with van der Waals surface area (Å²) in [7, 11) is 0. The minimum atomic E-state index is -1.17. The molecule has 0 aliphatic rings. The van der Waals surface area contributed by atoms with Gasteiger partial charge in [-0.25, -0.2) is 4.99 Å². The highest BCUT2D eigenvalue weighted by Gasteiger charge is 2.28. The number of rotatable bonds is 4. The Kier molecular flexibility index (Phi) is 7.83. The molecule has 1 rings (SSSR count). The lowest BCUT2D eigenvalue weighted by molar-refractivity contribution is -0.385. The predicted octanol–water partition coefficient (Wildman–Crippen LogP) is -0.360. The summed E-state index contributed by atoms with van der Waals surface area (Å²) in [5, 5.41) is 0.439. The van der Waals surface area contributed by atoms with Gasteiger partial charge in [-0.05, 0) is 30.5 Å². The van der Waals surface area contributed by atoms with Crippen LogP contribution < -0.4 is 23.1 Å². The second-order valence-electron chi connectivity index (χ2n) is 3.94. The van der Waals surface area contributed by atoms with Crippen molar-refractivity contribution in [3.8, 4) is 0 Å². The maximum Gasteiger partial charge on any atom is 0.282 e. The Balaban J connectivity index is 0.00000324. The summed E-state index contributed by atoms with van der Waals surface area (Å²) in [4.78, 5) is 2.84. The van der Waals surface area contributed by atoms with Crippen LogP contribution >= 0.6 is 34.8 Å². The first-order chi connectivity index (χ1) is 8.36. The molecule has 0 radical (unpaired) electrons. The first kappa shape index (κ1) is 18.6. The van der Waals surface area contributed by atoms with Crippen molar-refractivity contribution in [2.75, 3.05) is 0 Å². The third-order valence-electron chi connectivity index (χ3n) is 2.46. The van der Waals surface area contributed by atoms with Gasteiger partial charge in [0.2, 0.25) is 4.33 Å². The van der Waals surface area contributed by atoms with Crippen LogP contribution in [0.2, 0.25) is 0 Å². The number of alkyl halides is 2. The molecule has 6 heteroatoms. The second kappa shape index (κ2) is 8.01. The van der Waals surface area contributed by atoms with E-state index in [1.54, 1.807) is 6.92 Å². The van der Waals surface area contributed by atoms with Crippen molar-refractivity contribution in [1.29, 1.82) is 0 Å². The van der Waals surface area contributed by atoms with Crippen molar-refractivity contribution in [2.45, 2.75) is 24.6 Å². The molecule has 19 heavy (non-hydrogen) atoms. The molecule has 2 nitrogen and oxygen atoms in total. The molecular weight excluding hydrogens is 326 g/mol. The average molecular weight is 342 g/mol. The molecule has 0 saturated carbocycles. The van der Waals surface area contributed by atoms with E-state index >= 15 is 0 Å². The van der Waals surface area contributed by atoms with Crippen molar-refractivity contribution in [3.05, 3.63) is 41.1 Å². The Hall–Kier alpha value is -0.410. The fourth-order valence-electron chi connectivity index (χ4n) is 1.43. The van der Waals surface area contributed by atoms with Gasteiger partial charge in [0.25, 0.3) is 5.84 Å². The third kappa shape index (κ3) is 5.62. The van der Waals surface area contributed by atoms with Crippen molar-refractivity contribution in [1.82, 2.24) is 0 Å². The molecule has 0 fully saturated rings. The van der Waals surface area contributed by atoms with Crippen LogP contribution in [0.1, 0.15) is 25.8 Å². The van der Waals surface area contributed by atoms with Gasteiger partial charge in [0.15, 0.2) is 5.16 Å². The number of allylic oxidation sites excluding steroid dienone is 1. The Bertz CT molecular complexity index is 461. The van der Waals surface area contributed by atoms with E-state index in [1.165, 1.54) is 0 Å². The van der Waals surface area contributed by atoms with Crippen LogP contribution in [0.25, 0.3) is 5.57 Å². The Labute approximate surface area is 135 Å². The van der Waals surface area contributed by atoms with Crippen molar-refractivity contribution in [2.24, 2.45) is 5.73 Å². The molecule has 0 amide bonds. The van der Waals surface area contributed by atoms with Gasteiger partial charge in [-0.15, -0.1) is 0 Å². The molecule has 0 aliphatic carbocycles. The van der Waals surface area contributed by atoms with Crippen LogP contribution in [-0.4, -0.2) is 10.2 Å². The van der Waals surface area contributed by atoms with Crippen LogP contribution in [0, 0.1) is 0 Å². The fourth-order valence-corrected chi connectivity index (χ4v) is 1.87. The third-order valence-corrected chi connectivity index (χ3v) is 3.19. The maximum atomic E-state index is 6.23. The van der Waals surface area contributed by atoms with Gasteiger partial charge in [0.1, 0.15) is 0 Å². The number of amidine groups is 1. The Morgan fingerprint density at radius 3 is 2.21 bits per heavy atom. The second-order valence-corrected chi connectivity index (χ2v) is 6.02. The average Bonchev–Trinajstić information content (AvgIpc) is 2.30. The summed E-state index contributed by atoms with van der Waals surface area (Å²) in [5.74, 6) is 0.206. The van der Waals surface area contributed by atoms with Gasteiger partial charge in [-0.3, -0.25) is 5.73 Å².